The van der Waals surface area contributed by atoms with Crippen LogP contribution in [0.2, 0.25) is 0 Å². The summed E-state index contributed by atoms with van der Waals surface area (Å²) in [7, 11) is 0. The van der Waals surface area contributed by atoms with E-state index in [1.54, 1.807) is 31.2 Å². The zero-order chi connectivity index (χ0) is 17.9. The molecule has 7 heteroatoms. The normalized spacial score (nSPS) is 11.5. The topological polar surface area (TPSA) is 84.5 Å². The average Bonchev–Trinajstić information content (AvgIpc) is 2.55. The molecular weight excluding hydrogens is 376 g/mol. The van der Waals surface area contributed by atoms with Crippen LogP contribution in [0.1, 0.15) is 43.5 Å². The highest BCUT2D eigenvalue weighted by Gasteiger charge is 2.13. The molecule has 0 spiro atoms. The number of amides is 2. The van der Waals surface area contributed by atoms with Crippen molar-refractivity contribution in [3.05, 3.63) is 29.8 Å². The van der Waals surface area contributed by atoms with Crippen molar-refractivity contribution in [3.8, 4) is 0 Å². The molecule has 0 bridgehead atoms. The van der Waals surface area contributed by atoms with Gasteiger partial charge in [-0.25, -0.2) is 4.79 Å². The second-order valence-corrected chi connectivity index (χ2v) is 6.25. The van der Waals surface area contributed by atoms with Crippen molar-refractivity contribution in [2.24, 2.45) is 0 Å². The van der Waals surface area contributed by atoms with Crippen LogP contribution in [0, 0.1) is 0 Å². The van der Waals surface area contributed by atoms with Gasteiger partial charge in [-0.15, -0.1) is 0 Å². The number of alkyl halides is 1. The largest absolute Gasteiger partial charge is 0.462 e. The third-order valence-corrected chi connectivity index (χ3v) is 4.03. The third-order valence-electron chi connectivity index (χ3n) is 3.16. The van der Waals surface area contributed by atoms with Crippen molar-refractivity contribution in [1.29, 1.82) is 0 Å². The number of hydrogen-bond acceptors (Lipinski definition) is 4. The van der Waals surface area contributed by atoms with Gasteiger partial charge in [-0.1, -0.05) is 29.3 Å². The SMILES string of the molecule is CCCC(Br)C(=O)NCCC(=O)Nc1ccc(C(=O)OCC)cc1. The molecule has 2 amide bonds. The Bertz CT molecular complexity index is 560. The quantitative estimate of drug-likeness (QED) is 0.494. The number of carbonyl (C=O) groups excluding carboxylic acids is 3. The molecule has 6 nitrogen and oxygen atoms in total. The molecule has 1 aromatic rings. The van der Waals surface area contributed by atoms with Gasteiger partial charge in [0.2, 0.25) is 11.8 Å². The highest BCUT2D eigenvalue weighted by atomic mass is 79.9. The molecule has 0 fully saturated rings. The predicted octanol–water partition coefficient (Wildman–Crippen LogP) is 2.87. The molecule has 0 aliphatic heterocycles. The van der Waals surface area contributed by atoms with E-state index in [9.17, 15) is 14.4 Å². The molecule has 132 valence electrons. The van der Waals surface area contributed by atoms with Gasteiger partial charge in [0.25, 0.3) is 0 Å². The first-order chi connectivity index (χ1) is 11.5. The Labute approximate surface area is 150 Å². The Morgan fingerprint density at radius 2 is 1.83 bits per heavy atom. The lowest BCUT2D eigenvalue weighted by Gasteiger charge is -2.10. The number of anilines is 1. The third kappa shape index (κ3) is 7.12. The second-order valence-electron chi connectivity index (χ2n) is 5.14. The summed E-state index contributed by atoms with van der Waals surface area (Å²) in [6, 6.07) is 6.46. The maximum absolute atomic E-state index is 11.8. The van der Waals surface area contributed by atoms with Crippen LogP contribution in [0.5, 0.6) is 0 Å². The second kappa shape index (κ2) is 10.8. The number of ether oxygens (including phenoxy) is 1. The van der Waals surface area contributed by atoms with Gasteiger partial charge in [-0.3, -0.25) is 9.59 Å². The minimum absolute atomic E-state index is 0.108. The molecule has 0 aliphatic carbocycles. The average molecular weight is 399 g/mol. The Kier molecular flexibility index (Phi) is 9.07. The molecule has 0 heterocycles. The summed E-state index contributed by atoms with van der Waals surface area (Å²) in [5.74, 6) is -0.710. The van der Waals surface area contributed by atoms with Gasteiger partial charge in [0.1, 0.15) is 0 Å². The molecule has 1 unspecified atom stereocenters. The fourth-order valence-electron chi connectivity index (χ4n) is 1.92. The molecule has 0 aliphatic rings. The molecule has 0 saturated heterocycles. The van der Waals surface area contributed by atoms with Crippen molar-refractivity contribution in [2.75, 3.05) is 18.5 Å². The number of esters is 1. The van der Waals surface area contributed by atoms with Gasteiger partial charge in [0.05, 0.1) is 17.0 Å². The van der Waals surface area contributed by atoms with E-state index in [1.165, 1.54) is 0 Å². The molecule has 1 rings (SSSR count). The van der Waals surface area contributed by atoms with Crippen LogP contribution in [-0.2, 0) is 14.3 Å². The van der Waals surface area contributed by atoms with Crippen molar-refractivity contribution in [3.63, 3.8) is 0 Å². The van der Waals surface area contributed by atoms with Gasteiger partial charge in [-0.05, 0) is 37.6 Å². The van der Waals surface area contributed by atoms with Gasteiger partial charge >= 0.3 is 5.97 Å². The number of carbonyl (C=O) groups is 3. The van der Waals surface area contributed by atoms with Gasteiger partial charge < -0.3 is 15.4 Å². The maximum Gasteiger partial charge on any atom is 0.338 e. The number of nitrogens with one attached hydrogen (secondary N) is 2. The summed E-state index contributed by atoms with van der Waals surface area (Å²) in [6.45, 7) is 4.33. The van der Waals surface area contributed by atoms with Crippen LogP contribution < -0.4 is 10.6 Å². The Morgan fingerprint density at radius 3 is 2.42 bits per heavy atom. The van der Waals surface area contributed by atoms with E-state index in [0.29, 0.717) is 17.9 Å². The van der Waals surface area contributed by atoms with E-state index in [-0.39, 0.29) is 29.6 Å². The number of halogens is 1. The number of rotatable bonds is 9. The van der Waals surface area contributed by atoms with E-state index < -0.39 is 5.97 Å². The van der Waals surface area contributed by atoms with Crippen molar-refractivity contribution in [2.45, 2.75) is 37.9 Å². The summed E-state index contributed by atoms with van der Waals surface area (Å²) < 4.78 is 4.89. The minimum atomic E-state index is -0.394. The van der Waals surface area contributed by atoms with Crippen LogP contribution in [0.4, 0.5) is 5.69 Å². The monoisotopic (exact) mass is 398 g/mol. The molecule has 1 aromatic carbocycles. The zero-order valence-electron chi connectivity index (χ0n) is 13.9. The predicted molar refractivity (Wildman–Crippen MR) is 96.3 cm³/mol. The van der Waals surface area contributed by atoms with Crippen molar-refractivity contribution in [1.82, 2.24) is 5.32 Å². The highest BCUT2D eigenvalue weighted by molar-refractivity contribution is 9.10. The van der Waals surface area contributed by atoms with Crippen LogP contribution >= 0.6 is 15.9 Å². The van der Waals surface area contributed by atoms with Crippen LogP contribution in [-0.4, -0.2) is 35.8 Å². The lowest BCUT2D eigenvalue weighted by atomic mass is 10.2. The summed E-state index contributed by atoms with van der Waals surface area (Å²) in [4.78, 5) is 34.8. The Morgan fingerprint density at radius 1 is 1.17 bits per heavy atom. The molecule has 0 aromatic heterocycles. The summed E-state index contributed by atoms with van der Waals surface area (Å²) in [6.07, 6.45) is 1.84. The number of hydrogen-bond donors (Lipinski definition) is 2. The molecule has 0 radical (unpaired) electrons. The lowest BCUT2D eigenvalue weighted by molar-refractivity contribution is -0.120. The summed E-state index contributed by atoms with van der Waals surface area (Å²) in [5, 5.41) is 5.43. The van der Waals surface area contributed by atoms with Gasteiger partial charge in [-0.2, -0.15) is 0 Å². The number of benzene rings is 1. The fourth-order valence-corrected chi connectivity index (χ4v) is 2.54. The van der Waals surface area contributed by atoms with E-state index in [2.05, 4.69) is 26.6 Å². The molecule has 2 N–H and O–H groups in total. The molecular formula is C17H23BrN2O4. The van der Waals surface area contributed by atoms with Gasteiger partial charge in [0, 0.05) is 18.7 Å². The van der Waals surface area contributed by atoms with E-state index in [0.717, 1.165) is 12.8 Å². The lowest BCUT2D eigenvalue weighted by Crippen LogP contribution is -2.33. The first kappa shape index (κ1) is 20.2. The van der Waals surface area contributed by atoms with Crippen LogP contribution in [0.15, 0.2) is 24.3 Å². The Hall–Kier alpha value is -1.89. The van der Waals surface area contributed by atoms with Crippen LogP contribution in [0.3, 0.4) is 0 Å². The van der Waals surface area contributed by atoms with E-state index in [4.69, 9.17) is 4.74 Å². The zero-order valence-corrected chi connectivity index (χ0v) is 15.5. The first-order valence-electron chi connectivity index (χ1n) is 7.96. The Balaban J connectivity index is 2.37. The van der Waals surface area contributed by atoms with E-state index in [1.807, 2.05) is 6.92 Å². The molecule has 1 atom stereocenters. The van der Waals surface area contributed by atoms with E-state index >= 15 is 0 Å². The van der Waals surface area contributed by atoms with Crippen molar-refractivity contribution < 1.29 is 19.1 Å². The highest BCUT2D eigenvalue weighted by Crippen LogP contribution is 2.11. The standard InChI is InChI=1S/C17H23BrN2O4/c1-3-5-14(18)16(22)19-11-10-15(21)20-13-8-6-12(7-9-13)17(23)24-4-2/h6-9,14H,3-5,10-11H2,1-2H3,(H,19,22)(H,20,21). The summed E-state index contributed by atoms with van der Waals surface area (Å²) >= 11 is 3.30. The first-order valence-corrected chi connectivity index (χ1v) is 8.88. The molecule has 0 saturated carbocycles. The summed E-state index contributed by atoms with van der Waals surface area (Å²) in [5.41, 5.74) is 1.02. The maximum atomic E-state index is 11.8. The minimum Gasteiger partial charge on any atom is -0.462 e. The van der Waals surface area contributed by atoms with Gasteiger partial charge in [0.15, 0.2) is 0 Å². The van der Waals surface area contributed by atoms with Crippen molar-refractivity contribution >= 4 is 39.4 Å². The fraction of sp³-hybridized carbons (Fsp3) is 0.471. The van der Waals surface area contributed by atoms with Crippen LogP contribution in [0.25, 0.3) is 0 Å². The molecule has 24 heavy (non-hydrogen) atoms. The smallest absolute Gasteiger partial charge is 0.338 e.